The van der Waals surface area contributed by atoms with Gasteiger partial charge in [0.1, 0.15) is 0 Å². The minimum absolute atomic E-state index is 0.0290. The van der Waals surface area contributed by atoms with E-state index >= 15 is 0 Å². The predicted octanol–water partition coefficient (Wildman–Crippen LogP) is 1.86. The van der Waals surface area contributed by atoms with E-state index in [0.29, 0.717) is 24.0 Å². The molecular weight excluding hydrogens is 306 g/mol. The zero-order valence-corrected chi connectivity index (χ0v) is 13.8. The molecule has 0 unspecified atom stereocenters. The van der Waals surface area contributed by atoms with Crippen LogP contribution in [0.1, 0.15) is 52.1 Å². The van der Waals surface area contributed by atoms with Crippen molar-refractivity contribution in [2.45, 2.75) is 31.9 Å². The highest BCUT2D eigenvalue weighted by Crippen LogP contribution is 2.38. The quantitative estimate of drug-likeness (QED) is 0.821. The number of carbonyl (C=O) groups excluding carboxylic acids is 2. The molecule has 1 heterocycles. The summed E-state index contributed by atoms with van der Waals surface area (Å²) in [4.78, 5) is 23.9. The Morgan fingerprint density at radius 1 is 1.25 bits per heavy atom. The number of Topliss-reactive ketones (excluding diaryl/α,β-unsaturated/α-hetero) is 1. The minimum atomic E-state index is -0.291. The highest BCUT2D eigenvalue weighted by atomic mass is 16.3. The van der Waals surface area contributed by atoms with Crippen LogP contribution in [0.5, 0.6) is 0 Å². The Hall–Kier alpha value is -2.47. The molecular formula is C18H21N3O3. The van der Waals surface area contributed by atoms with Gasteiger partial charge in [-0.15, -0.1) is 0 Å². The smallest absolute Gasteiger partial charge is 0.251 e. The predicted molar refractivity (Wildman–Crippen MR) is 88.6 cm³/mol. The second-order valence-corrected chi connectivity index (χ2v) is 6.42. The molecule has 0 bridgehead atoms. The summed E-state index contributed by atoms with van der Waals surface area (Å²) in [6.45, 7) is 1.50. The molecule has 1 aliphatic carbocycles. The lowest BCUT2D eigenvalue weighted by Crippen LogP contribution is -2.41. The highest BCUT2D eigenvalue weighted by Gasteiger charge is 2.36. The first kappa shape index (κ1) is 16.4. The van der Waals surface area contributed by atoms with Crippen molar-refractivity contribution in [3.8, 4) is 0 Å². The molecule has 1 saturated carbocycles. The Morgan fingerprint density at radius 2 is 1.88 bits per heavy atom. The Balaban J connectivity index is 1.76. The van der Waals surface area contributed by atoms with Gasteiger partial charge < -0.3 is 10.4 Å². The molecule has 3 rings (SSSR count). The normalized spacial score (nSPS) is 21.0. The summed E-state index contributed by atoms with van der Waals surface area (Å²) >= 11 is 0. The van der Waals surface area contributed by atoms with Crippen LogP contribution in [-0.4, -0.2) is 32.7 Å². The lowest BCUT2D eigenvalue weighted by Gasteiger charge is -2.37. The summed E-state index contributed by atoms with van der Waals surface area (Å²) < 4.78 is 1.70. The van der Waals surface area contributed by atoms with Crippen LogP contribution in [0.15, 0.2) is 36.7 Å². The third kappa shape index (κ3) is 3.38. The first-order valence-corrected chi connectivity index (χ1v) is 8.02. The summed E-state index contributed by atoms with van der Waals surface area (Å²) in [5.74, 6) is -0.0244. The van der Waals surface area contributed by atoms with Gasteiger partial charge in [-0.1, -0.05) is 12.1 Å². The number of nitrogens with zero attached hydrogens (tertiary/aromatic N) is 2. The lowest BCUT2D eigenvalue weighted by molar-refractivity contribution is 0.0235. The Kier molecular flexibility index (Phi) is 4.49. The van der Waals surface area contributed by atoms with E-state index in [2.05, 4.69) is 10.4 Å². The van der Waals surface area contributed by atoms with Crippen molar-refractivity contribution in [3.63, 3.8) is 0 Å². The molecule has 24 heavy (non-hydrogen) atoms. The number of aliphatic hydroxyl groups is 1. The van der Waals surface area contributed by atoms with Crippen molar-refractivity contribution < 1.29 is 14.7 Å². The molecule has 126 valence electrons. The summed E-state index contributed by atoms with van der Waals surface area (Å²) in [5, 5.41) is 16.8. The molecule has 0 saturated heterocycles. The molecule has 1 amide bonds. The van der Waals surface area contributed by atoms with Crippen LogP contribution in [0.25, 0.3) is 0 Å². The molecule has 0 radical (unpaired) electrons. The number of aromatic nitrogens is 2. The standard InChI is InChI=1S/C18H21N3O3/c1-11(22)12-3-5-13(6-4-12)18(24)20-17(14-7-16(23)8-14)15-9-19-21(2)10-15/h3-6,9-10,14,16-17,23H,7-8H2,1-2H3,(H,20,24)/t14?,16?,17-/m1/s1. The highest BCUT2D eigenvalue weighted by molar-refractivity contribution is 5.97. The van der Waals surface area contributed by atoms with Crippen LogP contribution >= 0.6 is 0 Å². The third-order valence-corrected chi connectivity index (χ3v) is 4.55. The number of aryl methyl sites for hydroxylation is 1. The van der Waals surface area contributed by atoms with Gasteiger partial charge in [-0.25, -0.2) is 0 Å². The van der Waals surface area contributed by atoms with Crippen LogP contribution in [0.4, 0.5) is 0 Å². The van der Waals surface area contributed by atoms with Crippen LogP contribution in [0, 0.1) is 5.92 Å². The van der Waals surface area contributed by atoms with Gasteiger partial charge in [0.2, 0.25) is 0 Å². The van der Waals surface area contributed by atoms with E-state index in [1.807, 2.05) is 13.2 Å². The molecule has 1 atom stereocenters. The van der Waals surface area contributed by atoms with Crippen LogP contribution < -0.4 is 5.32 Å². The summed E-state index contributed by atoms with van der Waals surface area (Å²) in [6, 6.07) is 6.44. The molecule has 6 heteroatoms. The Labute approximate surface area is 140 Å². The molecule has 1 aromatic carbocycles. The molecule has 6 nitrogen and oxygen atoms in total. The molecule has 1 aromatic heterocycles. The van der Waals surface area contributed by atoms with Crippen molar-refractivity contribution in [2.24, 2.45) is 13.0 Å². The number of rotatable bonds is 5. The maximum atomic E-state index is 12.6. The van der Waals surface area contributed by atoms with E-state index < -0.39 is 0 Å². The molecule has 0 aliphatic heterocycles. The summed E-state index contributed by atoms with van der Waals surface area (Å²) in [6.07, 6.45) is 4.68. The fourth-order valence-corrected chi connectivity index (χ4v) is 3.06. The number of amides is 1. The van der Waals surface area contributed by atoms with E-state index in [1.54, 1.807) is 35.1 Å². The van der Waals surface area contributed by atoms with Gasteiger partial charge in [-0.2, -0.15) is 5.10 Å². The average molecular weight is 327 g/mol. The topological polar surface area (TPSA) is 84.2 Å². The maximum absolute atomic E-state index is 12.6. The first-order chi connectivity index (χ1) is 11.4. The summed E-state index contributed by atoms with van der Waals surface area (Å²) in [7, 11) is 1.83. The third-order valence-electron chi connectivity index (χ3n) is 4.55. The van der Waals surface area contributed by atoms with E-state index in [-0.39, 0.29) is 29.8 Å². The van der Waals surface area contributed by atoms with Crippen molar-refractivity contribution in [3.05, 3.63) is 53.3 Å². The number of nitrogens with one attached hydrogen (secondary N) is 1. The van der Waals surface area contributed by atoms with Crippen LogP contribution in [0.2, 0.25) is 0 Å². The SMILES string of the molecule is CC(=O)c1ccc(C(=O)N[C@@H](c2cnn(C)c2)C2CC(O)C2)cc1. The zero-order valence-electron chi connectivity index (χ0n) is 13.8. The van der Waals surface area contributed by atoms with Crippen molar-refractivity contribution in [1.82, 2.24) is 15.1 Å². The Morgan fingerprint density at radius 3 is 2.38 bits per heavy atom. The number of benzene rings is 1. The van der Waals surface area contributed by atoms with E-state index in [1.165, 1.54) is 6.92 Å². The number of hydrogen-bond donors (Lipinski definition) is 2. The van der Waals surface area contributed by atoms with Gasteiger partial charge in [0.25, 0.3) is 5.91 Å². The van der Waals surface area contributed by atoms with Gasteiger partial charge in [0, 0.05) is 29.9 Å². The Bertz CT molecular complexity index is 745. The molecule has 2 N–H and O–H groups in total. The van der Waals surface area contributed by atoms with Gasteiger partial charge in [0.15, 0.2) is 5.78 Å². The second kappa shape index (κ2) is 6.57. The van der Waals surface area contributed by atoms with Crippen molar-refractivity contribution in [1.29, 1.82) is 0 Å². The average Bonchev–Trinajstić information content (AvgIpc) is 2.96. The van der Waals surface area contributed by atoms with E-state index in [0.717, 1.165) is 5.56 Å². The largest absolute Gasteiger partial charge is 0.393 e. The van der Waals surface area contributed by atoms with Crippen LogP contribution in [-0.2, 0) is 7.05 Å². The van der Waals surface area contributed by atoms with E-state index in [4.69, 9.17) is 0 Å². The number of aliphatic hydroxyl groups excluding tert-OH is 1. The zero-order chi connectivity index (χ0) is 17.3. The second-order valence-electron chi connectivity index (χ2n) is 6.42. The number of carbonyl (C=O) groups is 2. The summed E-state index contributed by atoms with van der Waals surface area (Å²) in [5.41, 5.74) is 2.02. The lowest BCUT2D eigenvalue weighted by atomic mass is 9.75. The van der Waals surface area contributed by atoms with Gasteiger partial charge in [-0.05, 0) is 37.8 Å². The number of ketones is 1. The molecule has 1 fully saturated rings. The fourth-order valence-electron chi connectivity index (χ4n) is 3.06. The first-order valence-electron chi connectivity index (χ1n) is 8.02. The van der Waals surface area contributed by atoms with Gasteiger partial charge in [0.05, 0.1) is 18.3 Å². The van der Waals surface area contributed by atoms with Crippen molar-refractivity contribution >= 4 is 11.7 Å². The molecule has 1 aliphatic rings. The number of hydrogen-bond acceptors (Lipinski definition) is 4. The maximum Gasteiger partial charge on any atom is 0.251 e. The van der Waals surface area contributed by atoms with E-state index in [9.17, 15) is 14.7 Å². The molecule has 2 aromatic rings. The van der Waals surface area contributed by atoms with Gasteiger partial charge in [-0.3, -0.25) is 14.3 Å². The minimum Gasteiger partial charge on any atom is -0.393 e. The monoisotopic (exact) mass is 327 g/mol. The van der Waals surface area contributed by atoms with Crippen molar-refractivity contribution in [2.75, 3.05) is 0 Å². The van der Waals surface area contributed by atoms with Gasteiger partial charge >= 0.3 is 0 Å². The molecule has 0 spiro atoms. The van der Waals surface area contributed by atoms with Crippen LogP contribution in [0.3, 0.4) is 0 Å². The fraction of sp³-hybridized carbons (Fsp3) is 0.389.